The van der Waals surface area contributed by atoms with E-state index in [1.165, 1.54) is 11.0 Å². The molecular weight excluding hydrogens is 458 g/mol. The van der Waals surface area contributed by atoms with E-state index in [9.17, 15) is 24.6 Å². The Kier molecular flexibility index (Phi) is 11.7. The van der Waals surface area contributed by atoms with E-state index in [0.717, 1.165) is 12.8 Å². The minimum absolute atomic E-state index is 0.0464. The summed E-state index contributed by atoms with van der Waals surface area (Å²) in [4.78, 5) is 40.4. The average Bonchev–Trinajstić information content (AvgIpc) is 2.72. The minimum atomic E-state index is -1.10. The van der Waals surface area contributed by atoms with Crippen molar-refractivity contribution < 1.29 is 29.3 Å². The molecule has 0 aliphatic heterocycles. The third-order valence-electron chi connectivity index (χ3n) is 5.00. The van der Waals surface area contributed by atoms with Gasteiger partial charge in [0.25, 0.3) is 0 Å². The van der Waals surface area contributed by atoms with Gasteiger partial charge in [-0.1, -0.05) is 19.4 Å². The Morgan fingerprint density at radius 2 is 1.85 bits per heavy atom. The van der Waals surface area contributed by atoms with Gasteiger partial charge < -0.3 is 30.5 Å². The van der Waals surface area contributed by atoms with Crippen LogP contribution in [0.2, 0.25) is 0 Å². The molecule has 1 aromatic carbocycles. The number of aryl methyl sites for hydroxylation is 1. The van der Waals surface area contributed by atoms with E-state index in [0.29, 0.717) is 11.1 Å². The summed E-state index contributed by atoms with van der Waals surface area (Å²) in [5, 5.41) is 25.1. The highest BCUT2D eigenvalue weighted by molar-refractivity contribution is 7.80. The largest absolute Gasteiger partial charge is 0.508 e. The zero-order valence-electron chi connectivity index (χ0n) is 20.9. The third kappa shape index (κ3) is 9.06. The highest BCUT2D eigenvalue weighted by Crippen LogP contribution is 2.27. The lowest BCUT2D eigenvalue weighted by Crippen LogP contribution is -2.55. The molecule has 0 saturated heterocycles. The first kappa shape index (κ1) is 29.6. The van der Waals surface area contributed by atoms with Crippen molar-refractivity contribution in [1.82, 2.24) is 15.5 Å². The minimum Gasteiger partial charge on any atom is -0.508 e. The van der Waals surface area contributed by atoms with Crippen LogP contribution in [0.15, 0.2) is 18.2 Å². The molecule has 0 fully saturated rings. The Morgan fingerprint density at radius 1 is 1.21 bits per heavy atom. The van der Waals surface area contributed by atoms with Crippen LogP contribution < -0.4 is 10.6 Å². The predicted octanol–water partition coefficient (Wildman–Crippen LogP) is 2.69. The van der Waals surface area contributed by atoms with Crippen molar-refractivity contribution in [3.8, 4) is 5.75 Å². The Balaban J connectivity index is 3.37. The number of aliphatic hydroxyl groups excluding tert-OH is 1. The molecule has 0 aliphatic carbocycles. The van der Waals surface area contributed by atoms with Gasteiger partial charge in [0, 0.05) is 18.3 Å². The molecule has 1 aromatic rings. The summed E-state index contributed by atoms with van der Waals surface area (Å²) in [5.74, 6) is -1.01. The van der Waals surface area contributed by atoms with E-state index in [1.54, 1.807) is 39.8 Å². The Labute approximate surface area is 207 Å². The fourth-order valence-electron chi connectivity index (χ4n) is 3.46. The van der Waals surface area contributed by atoms with Gasteiger partial charge in [-0.3, -0.25) is 9.59 Å². The molecule has 0 aromatic heterocycles. The monoisotopic (exact) mass is 497 g/mol. The number of amides is 3. The molecule has 0 radical (unpaired) electrons. The third-order valence-corrected chi connectivity index (χ3v) is 5.37. The van der Waals surface area contributed by atoms with Crippen LogP contribution in [0, 0.1) is 6.92 Å². The quantitative estimate of drug-likeness (QED) is 0.299. The number of nitrogens with one attached hydrogen (secondary N) is 2. The van der Waals surface area contributed by atoms with Crippen LogP contribution in [0.3, 0.4) is 0 Å². The molecule has 3 unspecified atom stereocenters. The highest BCUT2D eigenvalue weighted by Gasteiger charge is 2.36. The maximum absolute atomic E-state index is 13.5. The number of thiol groups is 1. The molecule has 10 heteroatoms. The number of carbonyl (C=O) groups is 3. The molecular formula is C24H39N3O6S. The Morgan fingerprint density at radius 3 is 2.35 bits per heavy atom. The normalized spacial score (nSPS) is 14.0. The van der Waals surface area contributed by atoms with E-state index < -0.39 is 42.2 Å². The zero-order chi connectivity index (χ0) is 26.1. The second-order valence-corrected chi connectivity index (χ2v) is 9.65. The first-order valence-corrected chi connectivity index (χ1v) is 12.1. The van der Waals surface area contributed by atoms with Gasteiger partial charge in [-0.15, -0.1) is 0 Å². The smallest absolute Gasteiger partial charge is 0.408 e. The second kappa shape index (κ2) is 13.4. The van der Waals surface area contributed by atoms with Crippen molar-refractivity contribution in [2.45, 2.75) is 78.1 Å². The first-order valence-electron chi connectivity index (χ1n) is 11.5. The van der Waals surface area contributed by atoms with Crippen molar-refractivity contribution >= 4 is 30.5 Å². The predicted molar refractivity (Wildman–Crippen MR) is 134 cm³/mol. The van der Waals surface area contributed by atoms with Gasteiger partial charge in [-0.05, 0) is 64.3 Å². The molecule has 0 spiro atoms. The number of aromatic hydroxyl groups is 1. The number of ether oxygens (including phenoxy) is 1. The Bertz CT molecular complexity index is 842. The molecule has 3 amide bonds. The van der Waals surface area contributed by atoms with Gasteiger partial charge in [0.1, 0.15) is 23.4 Å². The van der Waals surface area contributed by atoms with Crippen molar-refractivity contribution in [3.63, 3.8) is 0 Å². The molecule has 1 rings (SSSR count). The van der Waals surface area contributed by atoms with Crippen molar-refractivity contribution in [1.29, 1.82) is 0 Å². The lowest BCUT2D eigenvalue weighted by molar-refractivity contribution is -0.142. The summed E-state index contributed by atoms with van der Waals surface area (Å²) < 4.78 is 5.25. The van der Waals surface area contributed by atoms with Crippen LogP contribution in [0.5, 0.6) is 5.75 Å². The molecule has 0 aliphatic rings. The molecule has 3 atom stereocenters. The standard InChI is InChI=1S/C24H39N3O6S/c1-7-8-16(3)25-21(30)20(17-9-10-19(29)15(2)13-17)27(11-12-28)22(31)18(14-34)26-23(32)33-24(4,5)6/h9-10,13,16,18,20,28-29,34H,7-8,11-12,14H2,1-6H3,(H,25,30)(H,26,32). The average molecular weight is 498 g/mol. The van der Waals surface area contributed by atoms with E-state index in [4.69, 9.17) is 4.74 Å². The second-order valence-electron chi connectivity index (χ2n) is 9.28. The number of benzene rings is 1. The van der Waals surface area contributed by atoms with Crippen molar-refractivity contribution in [2.24, 2.45) is 0 Å². The molecule has 0 saturated carbocycles. The number of hydrogen-bond acceptors (Lipinski definition) is 7. The molecule has 9 nitrogen and oxygen atoms in total. The van der Waals surface area contributed by atoms with Crippen LogP contribution in [0.25, 0.3) is 0 Å². The zero-order valence-corrected chi connectivity index (χ0v) is 21.8. The van der Waals surface area contributed by atoms with E-state index in [2.05, 4.69) is 23.3 Å². The molecule has 192 valence electrons. The maximum Gasteiger partial charge on any atom is 0.408 e. The van der Waals surface area contributed by atoms with Gasteiger partial charge in [0.2, 0.25) is 11.8 Å². The van der Waals surface area contributed by atoms with Crippen LogP contribution in [0.4, 0.5) is 4.79 Å². The first-order chi connectivity index (χ1) is 15.8. The number of carbonyl (C=O) groups excluding carboxylic acids is 3. The number of rotatable bonds is 11. The summed E-state index contributed by atoms with van der Waals surface area (Å²) >= 11 is 4.21. The molecule has 34 heavy (non-hydrogen) atoms. The van der Waals surface area contributed by atoms with Crippen LogP contribution >= 0.6 is 12.6 Å². The number of phenols is 1. The number of aliphatic hydroxyl groups is 1. The number of alkyl carbamates (subject to hydrolysis) is 1. The van der Waals surface area contributed by atoms with E-state index >= 15 is 0 Å². The highest BCUT2D eigenvalue weighted by atomic mass is 32.1. The van der Waals surface area contributed by atoms with Gasteiger partial charge >= 0.3 is 6.09 Å². The lowest BCUT2D eigenvalue weighted by atomic mass is 10.00. The number of nitrogens with zero attached hydrogens (tertiary/aromatic N) is 1. The van der Waals surface area contributed by atoms with Crippen molar-refractivity contribution in [2.75, 3.05) is 18.9 Å². The van der Waals surface area contributed by atoms with Gasteiger partial charge in [0.05, 0.1) is 6.61 Å². The van der Waals surface area contributed by atoms with Gasteiger partial charge in [0.15, 0.2) is 0 Å². The maximum atomic E-state index is 13.5. The van der Waals surface area contributed by atoms with Crippen molar-refractivity contribution in [3.05, 3.63) is 29.3 Å². The summed E-state index contributed by atoms with van der Waals surface area (Å²) in [6, 6.07) is 2.32. The molecule has 0 bridgehead atoms. The van der Waals surface area contributed by atoms with Gasteiger partial charge in [-0.25, -0.2) is 4.79 Å². The number of phenolic OH excluding ortho intramolecular Hbond substituents is 1. The summed E-state index contributed by atoms with van der Waals surface area (Å²) in [5.41, 5.74) is 0.236. The summed E-state index contributed by atoms with van der Waals surface area (Å²) in [6.07, 6.45) is 0.827. The molecule has 0 heterocycles. The number of hydrogen-bond donors (Lipinski definition) is 5. The fraction of sp³-hybridized carbons (Fsp3) is 0.625. The summed E-state index contributed by atoms with van der Waals surface area (Å²) in [6.45, 7) is 10.1. The summed E-state index contributed by atoms with van der Waals surface area (Å²) in [7, 11) is 0. The van der Waals surface area contributed by atoms with Crippen LogP contribution in [-0.4, -0.2) is 69.6 Å². The lowest BCUT2D eigenvalue weighted by Gasteiger charge is -2.34. The Hall–Kier alpha value is -2.46. The van der Waals surface area contributed by atoms with Gasteiger partial charge in [-0.2, -0.15) is 12.6 Å². The van der Waals surface area contributed by atoms with Crippen LogP contribution in [0.1, 0.15) is 64.6 Å². The van der Waals surface area contributed by atoms with Crippen LogP contribution in [-0.2, 0) is 14.3 Å². The van der Waals surface area contributed by atoms with E-state index in [-0.39, 0.29) is 24.1 Å². The topological polar surface area (TPSA) is 128 Å². The molecule has 4 N–H and O–H groups in total. The van der Waals surface area contributed by atoms with E-state index in [1.807, 2.05) is 13.8 Å². The SMILES string of the molecule is CCCC(C)NC(=O)C(c1ccc(O)c(C)c1)N(CCO)C(=O)C(CS)NC(=O)OC(C)(C)C. The fourth-order valence-corrected chi connectivity index (χ4v) is 3.71.